The molecular formula is C18H26FN. The maximum atomic E-state index is 13.3. The molecule has 0 saturated heterocycles. The first-order valence-electron chi connectivity index (χ1n) is 8.28. The molecule has 0 heterocycles. The number of fused-ring (bicyclic) bond motifs is 1. The molecule has 0 aliphatic heterocycles. The second kappa shape index (κ2) is 6.26. The van der Waals surface area contributed by atoms with E-state index in [9.17, 15) is 4.39 Å². The molecule has 0 bridgehead atoms. The van der Waals surface area contributed by atoms with Crippen molar-refractivity contribution >= 4 is 0 Å². The van der Waals surface area contributed by atoms with Gasteiger partial charge in [0.1, 0.15) is 5.82 Å². The van der Waals surface area contributed by atoms with Gasteiger partial charge < -0.3 is 5.32 Å². The van der Waals surface area contributed by atoms with Crippen molar-refractivity contribution in [3.8, 4) is 0 Å². The third kappa shape index (κ3) is 3.06. The van der Waals surface area contributed by atoms with Gasteiger partial charge in [-0.25, -0.2) is 4.39 Å². The summed E-state index contributed by atoms with van der Waals surface area (Å²) in [5.74, 6) is 0.725. The zero-order valence-electron chi connectivity index (χ0n) is 12.5. The van der Waals surface area contributed by atoms with Crippen LogP contribution in [0.5, 0.6) is 0 Å². The van der Waals surface area contributed by atoms with Crippen LogP contribution in [-0.2, 0) is 6.42 Å². The highest BCUT2D eigenvalue weighted by atomic mass is 19.1. The van der Waals surface area contributed by atoms with Gasteiger partial charge in [-0.15, -0.1) is 0 Å². The quantitative estimate of drug-likeness (QED) is 0.784. The molecule has 0 aromatic heterocycles. The second-order valence-corrected chi connectivity index (χ2v) is 6.64. The fourth-order valence-electron chi connectivity index (χ4n) is 4.02. The third-order valence-electron chi connectivity index (χ3n) is 5.25. The summed E-state index contributed by atoms with van der Waals surface area (Å²) >= 11 is 0. The molecular weight excluding hydrogens is 249 g/mol. The Morgan fingerprint density at radius 1 is 1.10 bits per heavy atom. The monoisotopic (exact) mass is 275 g/mol. The van der Waals surface area contributed by atoms with Gasteiger partial charge in [0.05, 0.1) is 0 Å². The smallest absolute Gasteiger partial charge is 0.123 e. The maximum absolute atomic E-state index is 13.3. The van der Waals surface area contributed by atoms with Crippen molar-refractivity contribution in [2.45, 2.75) is 70.4 Å². The van der Waals surface area contributed by atoms with Crippen molar-refractivity contribution in [2.75, 3.05) is 0 Å². The number of halogens is 1. The molecule has 1 fully saturated rings. The standard InChI is InChI=1S/C18H26FN/c1-13(14-6-4-2-3-5-7-14)20-18-11-8-15-12-16(19)9-10-17(15)18/h9-10,12-14,18,20H,2-8,11H2,1H3/t13-,18?/m0/s1. The normalized spacial score (nSPS) is 25.2. The molecule has 1 nitrogen and oxygen atoms in total. The molecule has 1 aromatic carbocycles. The lowest BCUT2D eigenvalue weighted by molar-refractivity contribution is 0.309. The number of rotatable bonds is 3. The van der Waals surface area contributed by atoms with Gasteiger partial charge in [0.15, 0.2) is 0 Å². The molecule has 1 unspecified atom stereocenters. The van der Waals surface area contributed by atoms with Gasteiger partial charge in [-0.1, -0.05) is 31.7 Å². The summed E-state index contributed by atoms with van der Waals surface area (Å²) in [4.78, 5) is 0. The number of aryl methyl sites for hydroxylation is 1. The lowest BCUT2D eigenvalue weighted by Gasteiger charge is -2.27. The van der Waals surface area contributed by atoms with Gasteiger partial charge in [0.2, 0.25) is 0 Å². The zero-order valence-corrected chi connectivity index (χ0v) is 12.5. The van der Waals surface area contributed by atoms with Gasteiger partial charge in [-0.2, -0.15) is 0 Å². The van der Waals surface area contributed by atoms with Crippen LogP contribution in [-0.4, -0.2) is 6.04 Å². The molecule has 1 aromatic rings. The average Bonchev–Trinajstić information content (AvgIpc) is 2.66. The van der Waals surface area contributed by atoms with E-state index < -0.39 is 0 Å². The molecule has 2 aliphatic rings. The minimum absolute atomic E-state index is 0.0961. The summed E-state index contributed by atoms with van der Waals surface area (Å²) in [5.41, 5.74) is 2.53. The van der Waals surface area contributed by atoms with Crippen LogP contribution < -0.4 is 5.32 Å². The van der Waals surface area contributed by atoms with Crippen LogP contribution >= 0.6 is 0 Å². The SMILES string of the molecule is C[C@H](NC1CCc2cc(F)ccc21)C1CCCCCC1. The number of hydrogen-bond acceptors (Lipinski definition) is 1. The largest absolute Gasteiger partial charge is 0.307 e. The lowest BCUT2D eigenvalue weighted by Crippen LogP contribution is -2.35. The van der Waals surface area contributed by atoms with Gasteiger partial charge in [0.25, 0.3) is 0 Å². The second-order valence-electron chi connectivity index (χ2n) is 6.64. The van der Waals surface area contributed by atoms with E-state index in [2.05, 4.69) is 12.2 Å². The summed E-state index contributed by atoms with van der Waals surface area (Å²) < 4.78 is 13.3. The van der Waals surface area contributed by atoms with E-state index in [4.69, 9.17) is 0 Å². The highest BCUT2D eigenvalue weighted by Crippen LogP contribution is 2.33. The minimum atomic E-state index is -0.0961. The van der Waals surface area contributed by atoms with Gasteiger partial charge >= 0.3 is 0 Å². The van der Waals surface area contributed by atoms with Crippen LogP contribution in [0.3, 0.4) is 0 Å². The third-order valence-corrected chi connectivity index (χ3v) is 5.25. The Morgan fingerprint density at radius 2 is 1.85 bits per heavy atom. The molecule has 2 heteroatoms. The highest BCUT2D eigenvalue weighted by Gasteiger charge is 2.27. The zero-order chi connectivity index (χ0) is 13.9. The van der Waals surface area contributed by atoms with E-state index in [1.54, 1.807) is 12.1 Å². The maximum Gasteiger partial charge on any atom is 0.123 e. The molecule has 2 atom stereocenters. The Labute approximate surface area is 122 Å². The van der Waals surface area contributed by atoms with Crippen molar-refractivity contribution in [2.24, 2.45) is 5.92 Å². The summed E-state index contributed by atoms with van der Waals surface area (Å²) in [6.07, 6.45) is 10.5. The van der Waals surface area contributed by atoms with E-state index in [0.29, 0.717) is 12.1 Å². The molecule has 1 saturated carbocycles. The van der Waals surface area contributed by atoms with E-state index in [0.717, 1.165) is 18.8 Å². The van der Waals surface area contributed by atoms with Crippen molar-refractivity contribution in [3.63, 3.8) is 0 Å². The van der Waals surface area contributed by atoms with Crippen LogP contribution in [0.2, 0.25) is 0 Å². The van der Waals surface area contributed by atoms with Crippen molar-refractivity contribution in [1.82, 2.24) is 5.32 Å². The average molecular weight is 275 g/mol. The van der Waals surface area contributed by atoms with E-state index in [1.807, 2.05) is 6.07 Å². The summed E-state index contributed by atoms with van der Waals surface area (Å²) in [7, 11) is 0. The highest BCUT2D eigenvalue weighted by molar-refractivity contribution is 5.35. The molecule has 20 heavy (non-hydrogen) atoms. The topological polar surface area (TPSA) is 12.0 Å². The van der Waals surface area contributed by atoms with Crippen LogP contribution in [0.15, 0.2) is 18.2 Å². The Balaban J connectivity index is 1.64. The molecule has 110 valence electrons. The first-order valence-corrected chi connectivity index (χ1v) is 8.28. The molecule has 0 spiro atoms. The predicted octanol–water partition coefficient (Wildman–Crippen LogP) is 4.76. The fourth-order valence-corrected chi connectivity index (χ4v) is 4.02. The van der Waals surface area contributed by atoms with Crippen LogP contribution in [0.1, 0.15) is 69.0 Å². The first kappa shape index (κ1) is 14.1. The van der Waals surface area contributed by atoms with Crippen molar-refractivity contribution in [1.29, 1.82) is 0 Å². The minimum Gasteiger partial charge on any atom is -0.307 e. The fraction of sp³-hybridized carbons (Fsp3) is 0.667. The Hall–Kier alpha value is -0.890. The number of benzene rings is 1. The summed E-state index contributed by atoms with van der Waals surface area (Å²) in [6, 6.07) is 6.32. The lowest BCUT2D eigenvalue weighted by atomic mass is 9.92. The first-order chi connectivity index (χ1) is 9.74. The summed E-state index contributed by atoms with van der Waals surface area (Å²) in [6.45, 7) is 2.34. The van der Waals surface area contributed by atoms with E-state index in [1.165, 1.54) is 49.7 Å². The number of nitrogens with one attached hydrogen (secondary N) is 1. The van der Waals surface area contributed by atoms with Gasteiger partial charge in [0, 0.05) is 12.1 Å². The molecule has 1 N–H and O–H groups in total. The van der Waals surface area contributed by atoms with E-state index >= 15 is 0 Å². The van der Waals surface area contributed by atoms with Gasteiger partial charge in [-0.05, 0) is 61.8 Å². The van der Waals surface area contributed by atoms with Gasteiger partial charge in [-0.3, -0.25) is 0 Å². The Morgan fingerprint density at radius 3 is 2.60 bits per heavy atom. The van der Waals surface area contributed by atoms with Crippen LogP contribution in [0.25, 0.3) is 0 Å². The molecule has 2 aliphatic carbocycles. The predicted molar refractivity (Wildman–Crippen MR) is 81.3 cm³/mol. The molecule has 0 radical (unpaired) electrons. The number of hydrogen-bond donors (Lipinski definition) is 1. The summed E-state index contributed by atoms with van der Waals surface area (Å²) in [5, 5.41) is 3.83. The molecule has 3 rings (SSSR count). The Kier molecular flexibility index (Phi) is 4.40. The van der Waals surface area contributed by atoms with Crippen LogP contribution in [0, 0.1) is 11.7 Å². The van der Waals surface area contributed by atoms with Crippen molar-refractivity contribution < 1.29 is 4.39 Å². The van der Waals surface area contributed by atoms with E-state index in [-0.39, 0.29) is 5.82 Å². The Bertz CT molecular complexity index is 449. The van der Waals surface area contributed by atoms with Crippen molar-refractivity contribution in [3.05, 3.63) is 35.1 Å². The van der Waals surface area contributed by atoms with Crippen LogP contribution in [0.4, 0.5) is 4.39 Å². The molecule has 0 amide bonds.